The van der Waals surface area contributed by atoms with Gasteiger partial charge in [0.1, 0.15) is 10.7 Å². The molecule has 1 aliphatic heterocycles. The highest BCUT2D eigenvalue weighted by Gasteiger charge is 2.23. The highest BCUT2D eigenvalue weighted by Crippen LogP contribution is 2.34. The summed E-state index contributed by atoms with van der Waals surface area (Å²) >= 11 is 2.60. The molecule has 0 saturated heterocycles. The third-order valence-electron chi connectivity index (χ3n) is 6.02. The fourth-order valence-corrected chi connectivity index (χ4v) is 6.04. The van der Waals surface area contributed by atoms with Gasteiger partial charge in [-0.3, -0.25) is 19.5 Å². The van der Waals surface area contributed by atoms with Crippen molar-refractivity contribution in [1.29, 1.82) is 0 Å². The van der Waals surface area contributed by atoms with Crippen molar-refractivity contribution in [3.05, 3.63) is 50.2 Å². The van der Waals surface area contributed by atoms with Gasteiger partial charge in [0.2, 0.25) is 0 Å². The minimum Gasteiger partial charge on any atom is -0.493 e. The number of carbonyl (C=O) groups excluding carboxylic acids is 1. The number of nitrogens with zero attached hydrogens (tertiary/aromatic N) is 3. The minimum absolute atomic E-state index is 0.0420. The highest BCUT2D eigenvalue weighted by atomic mass is 32.1. The number of carbonyl (C=O) groups is 1. The molecule has 0 bridgehead atoms. The molecule has 0 fully saturated rings. The van der Waals surface area contributed by atoms with E-state index in [1.807, 2.05) is 30.5 Å². The fraction of sp³-hybridized carbons (Fsp3) is 0.333. The van der Waals surface area contributed by atoms with E-state index in [4.69, 9.17) is 14.5 Å². The number of methoxy groups -OCH3 is 2. The van der Waals surface area contributed by atoms with E-state index in [1.54, 1.807) is 18.8 Å². The Morgan fingerprint density at radius 1 is 1.12 bits per heavy atom. The van der Waals surface area contributed by atoms with Gasteiger partial charge in [-0.25, -0.2) is 9.97 Å². The number of aryl methyl sites for hydroxylation is 2. The van der Waals surface area contributed by atoms with Crippen LogP contribution in [-0.2, 0) is 13.0 Å². The number of anilines is 1. The van der Waals surface area contributed by atoms with Gasteiger partial charge in [-0.1, -0.05) is 6.42 Å². The summed E-state index contributed by atoms with van der Waals surface area (Å²) in [4.78, 5) is 36.7. The molecule has 1 amide bonds. The maximum atomic E-state index is 13.2. The summed E-state index contributed by atoms with van der Waals surface area (Å²) in [6, 6.07) is 5.56. The fourth-order valence-electron chi connectivity index (χ4n) is 4.24. The van der Waals surface area contributed by atoms with Crippen LogP contribution in [0.4, 0.5) is 5.13 Å². The molecule has 34 heavy (non-hydrogen) atoms. The molecule has 0 spiro atoms. The lowest BCUT2D eigenvalue weighted by Crippen LogP contribution is -2.24. The molecule has 3 aromatic heterocycles. The molecule has 10 heteroatoms. The topological polar surface area (TPSA) is 95.3 Å². The Hall–Kier alpha value is -3.24. The van der Waals surface area contributed by atoms with E-state index in [2.05, 4.69) is 10.3 Å². The predicted octanol–water partition coefficient (Wildman–Crippen LogP) is 4.89. The smallest absolute Gasteiger partial charge is 0.267 e. The van der Waals surface area contributed by atoms with Gasteiger partial charge >= 0.3 is 0 Å². The summed E-state index contributed by atoms with van der Waals surface area (Å²) < 4.78 is 12.4. The number of benzene rings is 1. The Kier molecular flexibility index (Phi) is 6.09. The van der Waals surface area contributed by atoms with Gasteiger partial charge in [0, 0.05) is 23.9 Å². The third-order valence-corrected chi connectivity index (χ3v) is 7.96. The second-order valence-corrected chi connectivity index (χ2v) is 9.95. The zero-order valence-electron chi connectivity index (χ0n) is 19.1. The summed E-state index contributed by atoms with van der Waals surface area (Å²) in [6.45, 7) is 2.50. The van der Waals surface area contributed by atoms with Crippen molar-refractivity contribution in [2.24, 2.45) is 0 Å². The van der Waals surface area contributed by atoms with Crippen LogP contribution in [0.5, 0.6) is 11.5 Å². The second kappa shape index (κ2) is 9.19. The van der Waals surface area contributed by atoms with Crippen LogP contribution in [-0.4, -0.2) is 34.7 Å². The number of amides is 1. The number of nitrogens with one attached hydrogen (secondary N) is 1. The van der Waals surface area contributed by atoms with Crippen LogP contribution in [0, 0.1) is 6.92 Å². The number of ether oxygens (including phenoxy) is 2. The molecule has 1 N–H and O–H groups in total. The lowest BCUT2D eigenvalue weighted by molar-refractivity contribution is 0.103. The van der Waals surface area contributed by atoms with Crippen molar-refractivity contribution in [2.75, 3.05) is 19.5 Å². The summed E-state index contributed by atoms with van der Waals surface area (Å²) in [5, 5.41) is 5.79. The average molecular weight is 497 g/mol. The predicted molar refractivity (Wildman–Crippen MR) is 135 cm³/mol. The van der Waals surface area contributed by atoms with Crippen LogP contribution in [0.2, 0.25) is 0 Å². The second-order valence-electron chi connectivity index (χ2n) is 8.09. The first-order valence-corrected chi connectivity index (χ1v) is 12.7. The normalized spacial score (nSPS) is 13.4. The molecule has 0 saturated carbocycles. The highest BCUT2D eigenvalue weighted by molar-refractivity contribution is 7.21. The average Bonchev–Trinajstić information content (AvgIpc) is 3.35. The number of rotatable bonds is 5. The molecule has 1 aliphatic rings. The van der Waals surface area contributed by atoms with E-state index < -0.39 is 0 Å². The van der Waals surface area contributed by atoms with Crippen LogP contribution in [0.15, 0.2) is 28.4 Å². The van der Waals surface area contributed by atoms with Crippen molar-refractivity contribution in [1.82, 2.24) is 14.5 Å². The van der Waals surface area contributed by atoms with Gasteiger partial charge in [-0.2, -0.15) is 0 Å². The zero-order chi connectivity index (χ0) is 23.8. The van der Waals surface area contributed by atoms with Gasteiger partial charge < -0.3 is 9.47 Å². The molecule has 1 aromatic carbocycles. The standard InChI is InChI=1S/C24H24N4O4S2/c1-13-19-22(26-18-7-5-4-6-10-28(18)23(19)30)34-20(13)21(29)27-24-25-15(12-33-24)14-8-9-16(31-2)17(11-14)32-3/h8-9,11-12H,4-7,10H2,1-3H3,(H,25,27,29). The molecule has 4 heterocycles. The molecular formula is C24H24N4O4S2. The van der Waals surface area contributed by atoms with Gasteiger partial charge in [0.15, 0.2) is 16.6 Å². The van der Waals surface area contributed by atoms with E-state index in [9.17, 15) is 9.59 Å². The number of fused-ring (bicyclic) bond motifs is 2. The summed E-state index contributed by atoms with van der Waals surface area (Å²) in [7, 11) is 3.17. The number of hydrogen-bond acceptors (Lipinski definition) is 8. The SMILES string of the molecule is COc1ccc(-c2csc(NC(=O)c3sc4nc5n(c(=O)c4c3C)CCCCC5)n2)cc1OC. The van der Waals surface area contributed by atoms with Crippen molar-refractivity contribution < 1.29 is 14.3 Å². The molecule has 0 unspecified atom stereocenters. The summed E-state index contributed by atoms with van der Waals surface area (Å²) in [6.07, 6.45) is 3.90. The van der Waals surface area contributed by atoms with Crippen molar-refractivity contribution >= 4 is 43.9 Å². The lowest BCUT2D eigenvalue weighted by Gasteiger charge is -2.08. The maximum Gasteiger partial charge on any atom is 0.267 e. The molecular weight excluding hydrogens is 472 g/mol. The Bertz CT molecular complexity index is 1450. The molecule has 0 atom stereocenters. The van der Waals surface area contributed by atoms with E-state index in [1.165, 1.54) is 22.7 Å². The zero-order valence-corrected chi connectivity index (χ0v) is 20.8. The summed E-state index contributed by atoms with van der Waals surface area (Å²) in [5.74, 6) is 1.78. The first-order chi connectivity index (χ1) is 16.5. The Morgan fingerprint density at radius 3 is 2.74 bits per heavy atom. The quantitative estimate of drug-likeness (QED) is 0.423. The molecule has 4 aromatic rings. The monoisotopic (exact) mass is 496 g/mol. The maximum absolute atomic E-state index is 13.2. The van der Waals surface area contributed by atoms with E-state index in [-0.39, 0.29) is 11.5 Å². The van der Waals surface area contributed by atoms with E-state index in [0.717, 1.165) is 42.8 Å². The molecule has 176 valence electrons. The Balaban J connectivity index is 1.43. The Morgan fingerprint density at radius 2 is 1.94 bits per heavy atom. The van der Waals surface area contributed by atoms with Crippen LogP contribution < -0.4 is 20.3 Å². The lowest BCUT2D eigenvalue weighted by atomic mass is 10.1. The van der Waals surface area contributed by atoms with E-state index >= 15 is 0 Å². The Labute approximate surface area is 204 Å². The number of aromatic nitrogens is 3. The van der Waals surface area contributed by atoms with Crippen LogP contribution >= 0.6 is 22.7 Å². The van der Waals surface area contributed by atoms with Gasteiger partial charge in [0.25, 0.3) is 11.5 Å². The first kappa shape index (κ1) is 22.5. The van der Waals surface area contributed by atoms with Gasteiger partial charge in [-0.05, 0) is 43.5 Å². The van der Waals surface area contributed by atoms with Gasteiger partial charge in [0.05, 0.1) is 30.2 Å². The number of hydrogen-bond donors (Lipinski definition) is 1. The van der Waals surface area contributed by atoms with Crippen molar-refractivity contribution in [2.45, 2.75) is 39.2 Å². The molecule has 0 aliphatic carbocycles. The van der Waals surface area contributed by atoms with Gasteiger partial charge in [-0.15, -0.1) is 22.7 Å². The minimum atomic E-state index is -0.284. The van der Waals surface area contributed by atoms with Crippen LogP contribution in [0.25, 0.3) is 21.5 Å². The van der Waals surface area contributed by atoms with Crippen molar-refractivity contribution in [3.63, 3.8) is 0 Å². The largest absolute Gasteiger partial charge is 0.493 e. The van der Waals surface area contributed by atoms with E-state index in [0.29, 0.717) is 43.8 Å². The number of thiophene rings is 1. The first-order valence-electron chi connectivity index (χ1n) is 11.0. The van der Waals surface area contributed by atoms with Crippen LogP contribution in [0.3, 0.4) is 0 Å². The summed E-state index contributed by atoms with van der Waals surface area (Å²) in [5.41, 5.74) is 2.20. The third kappa shape index (κ3) is 3.97. The number of thiazole rings is 1. The molecule has 5 rings (SSSR count). The van der Waals surface area contributed by atoms with Crippen LogP contribution in [0.1, 0.15) is 40.3 Å². The molecule has 8 nitrogen and oxygen atoms in total. The molecule has 0 radical (unpaired) electrons. The van der Waals surface area contributed by atoms with Crippen molar-refractivity contribution in [3.8, 4) is 22.8 Å².